The number of hydrogen-bond donors (Lipinski definition) is 2. The van der Waals surface area contributed by atoms with Crippen LogP contribution in [0.2, 0.25) is 0 Å². The van der Waals surface area contributed by atoms with Crippen molar-refractivity contribution in [3.63, 3.8) is 0 Å². The first-order chi connectivity index (χ1) is 8.51. The Hall–Kier alpha value is -1.18. The molecule has 0 radical (unpaired) electrons. The molecule has 1 rings (SSSR count). The fourth-order valence-corrected chi connectivity index (χ4v) is 2.39. The Kier molecular flexibility index (Phi) is 5.52. The molecule has 0 fully saturated rings. The maximum Gasteiger partial charge on any atom is 0.240 e. The maximum absolute atomic E-state index is 13.2. The first-order valence-corrected chi connectivity index (χ1v) is 7.03. The third-order valence-electron chi connectivity index (χ3n) is 2.28. The number of likely N-dealkylation sites (N-methyl/N-ethyl adjacent to an activating group) is 1. The quantitative estimate of drug-likeness (QED) is 0.720. The second-order valence-corrected chi connectivity index (χ2v) is 5.31. The summed E-state index contributed by atoms with van der Waals surface area (Å²) in [5.74, 6) is -0.686. The molecule has 0 bridgehead atoms. The van der Waals surface area contributed by atoms with Gasteiger partial charge in [0, 0.05) is 19.2 Å². The van der Waals surface area contributed by atoms with Crippen LogP contribution < -0.4 is 14.8 Å². The molecule has 0 aliphatic rings. The minimum absolute atomic E-state index is 0.0164. The molecule has 0 atom stereocenters. The van der Waals surface area contributed by atoms with E-state index in [-0.39, 0.29) is 17.2 Å². The van der Waals surface area contributed by atoms with Crippen molar-refractivity contribution < 1.29 is 17.5 Å². The number of ether oxygens (including phenoxy) is 1. The van der Waals surface area contributed by atoms with Crippen LogP contribution in [0.1, 0.15) is 6.92 Å². The summed E-state index contributed by atoms with van der Waals surface area (Å²) in [6.45, 7) is 3.51. The monoisotopic (exact) mass is 276 g/mol. The minimum atomic E-state index is -3.63. The van der Waals surface area contributed by atoms with E-state index in [1.54, 1.807) is 0 Å². The highest BCUT2D eigenvalue weighted by atomic mass is 32.2. The van der Waals surface area contributed by atoms with E-state index in [0.29, 0.717) is 6.54 Å². The molecular weight excluding hydrogens is 259 g/mol. The summed E-state index contributed by atoms with van der Waals surface area (Å²) >= 11 is 0. The van der Waals surface area contributed by atoms with E-state index in [9.17, 15) is 12.8 Å². The number of rotatable bonds is 7. The molecule has 1 aromatic rings. The molecule has 0 saturated carbocycles. The number of hydrogen-bond acceptors (Lipinski definition) is 4. The molecule has 0 spiro atoms. The van der Waals surface area contributed by atoms with Crippen molar-refractivity contribution in [2.24, 2.45) is 0 Å². The van der Waals surface area contributed by atoms with Crippen LogP contribution in [-0.4, -0.2) is 35.2 Å². The van der Waals surface area contributed by atoms with Gasteiger partial charge in [0.05, 0.1) is 12.0 Å². The Morgan fingerprint density at radius 3 is 2.67 bits per heavy atom. The Bertz CT molecular complexity index is 491. The third kappa shape index (κ3) is 3.94. The topological polar surface area (TPSA) is 67.4 Å². The average molecular weight is 276 g/mol. The van der Waals surface area contributed by atoms with Crippen molar-refractivity contribution >= 4 is 10.0 Å². The lowest BCUT2D eigenvalue weighted by atomic mass is 10.3. The Morgan fingerprint density at radius 1 is 1.33 bits per heavy atom. The molecular formula is C11H17FN2O3S. The molecule has 2 N–H and O–H groups in total. The SMILES string of the molecule is CCNCCNS(=O)(=O)c1ccc(F)c(OC)c1. The van der Waals surface area contributed by atoms with Crippen molar-refractivity contribution in [2.75, 3.05) is 26.7 Å². The van der Waals surface area contributed by atoms with Gasteiger partial charge in [-0.15, -0.1) is 0 Å². The molecule has 0 aliphatic heterocycles. The van der Waals surface area contributed by atoms with Gasteiger partial charge in [0.1, 0.15) is 0 Å². The molecule has 0 saturated heterocycles. The average Bonchev–Trinajstić information content (AvgIpc) is 2.35. The van der Waals surface area contributed by atoms with Crippen LogP contribution in [0, 0.1) is 5.82 Å². The molecule has 0 heterocycles. The predicted octanol–water partition coefficient (Wildman–Crippen LogP) is 0.722. The first kappa shape index (κ1) is 14.9. The van der Waals surface area contributed by atoms with Crippen LogP contribution in [0.3, 0.4) is 0 Å². The summed E-state index contributed by atoms with van der Waals surface area (Å²) in [5, 5.41) is 2.99. The van der Waals surface area contributed by atoms with Crippen LogP contribution in [0.15, 0.2) is 23.1 Å². The molecule has 5 nitrogen and oxygen atoms in total. The van der Waals surface area contributed by atoms with Crippen LogP contribution in [-0.2, 0) is 10.0 Å². The lowest BCUT2D eigenvalue weighted by Crippen LogP contribution is -2.31. The van der Waals surface area contributed by atoms with E-state index in [4.69, 9.17) is 4.74 Å². The number of sulfonamides is 1. The summed E-state index contributed by atoms with van der Waals surface area (Å²) in [6.07, 6.45) is 0. The van der Waals surface area contributed by atoms with Gasteiger partial charge in [-0.1, -0.05) is 6.92 Å². The van der Waals surface area contributed by atoms with Gasteiger partial charge < -0.3 is 10.1 Å². The molecule has 0 aromatic heterocycles. The second-order valence-electron chi connectivity index (χ2n) is 3.55. The first-order valence-electron chi connectivity index (χ1n) is 5.55. The summed E-state index contributed by atoms with van der Waals surface area (Å²) in [4.78, 5) is -0.0164. The van der Waals surface area contributed by atoms with E-state index in [0.717, 1.165) is 18.7 Å². The lowest BCUT2D eigenvalue weighted by Gasteiger charge is -2.08. The van der Waals surface area contributed by atoms with Gasteiger partial charge in [-0.2, -0.15) is 0 Å². The van der Waals surface area contributed by atoms with E-state index in [2.05, 4.69) is 10.0 Å². The zero-order valence-corrected chi connectivity index (χ0v) is 11.2. The highest BCUT2D eigenvalue weighted by Crippen LogP contribution is 2.20. The zero-order chi connectivity index (χ0) is 13.6. The number of benzene rings is 1. The summed E-state index contributed by atoms with van der Waals surface area (Å²) in [7, 11) is -2.34. The van der Waals surface area contributed by atoms with E-state index in [1.165, 1.54) is 13.2 Å². The van der Waals surface area contributed by atoms with Crippen LogP contribution in [0.4, 0.5) is 4.39 Å². The third-order valence-corrected chi connectivity index (χ3v) is 3.74. The summed E-state index contributed by atoms with van der Waals surface area (Å²) in [5.41, 5.74) is 0. The van der Waals surface area contributed by atoms with Gasteiger partial charge in [-0.05, 0) is 18.7 Å². The van der Waals surface area contributed by atoms with Gasteiger partial charge in [0.15, 0.2) is 11.6 Å². The van der Waals surface area contributed by atoms with E-state index < -0.39 is 15.8 Å². The Morgan fingerprint density at radius 2 is 2.06 bits per heavy atom. The van der Waals surface area contributed by atoms with Crippen molar-refractivity contribution in [1.82, 2.24) is 10.0 Å². The molecule has 0 amide bonds. The largest absolute Gasteiger partial charge is 0.494 e. The highest BCUT2D eigenvalue weighted by molar-refractivity contribution is 7.89. The molecule has 0 aliphatic carbocycles. The van der Waals surface area contributed by atoms with Crippen molar-refractivity contribution in [1.29, 1.82) is 0 Å². The summed E-state index contributed by atoms with van der Waals surface area (Å²) in [6, 6.07) is 3.43. The molecule has 7 heteroatoms. The van der Waals surface area contributed by atoms with Gasteiger partial charge in [-0.25, -0.2) is 17.5 Å². The lowest BCUT2D eigenvalue weighted by molar-refractivity contribution is 0.385. The molecule has 1 aromatic carbocycles. The van der Waals surface area contributed by atoms with Crippen molar-refractivity contribution in [2.45, 2.75) is 11.8 Å². The van der Waals surface area contributed by atoms with Crippen molar-refractivity contribution in [3.8, 4) is 5.75 Å². The number of nitrogens with one attached hydrogen (secondary N) is 2. The second kappa shape index (κ2) is 6.67. The van der Waals surface area contributed by atoms with E-state index in [1.807, 2.05) is 6.92 Å². The zero-order valence-electron chi connectivity index (χ0n) is 10.4. The summed E-state index contributed by atoms with van der Waals surface area (Å²) < 4.78 is 44.0. The van der Waals surface area contributed by atoms with E-state index >= 15 is 0 Å². The minimum Gasteiger partial charge on any atom is -0.494 e. The fraction of sp³-hybridized carbons (Fsp3) is 0.455. The molecule has 102 valence electrons. The normalized spacial score (nSPS) is 11.5. The van der Waals surface area contributed by atoms with Gasteiger partial charge in [-0.3, -0.25) is 0 Å². The van der Waals surface area contributed by atoms with Crippen LogP contribution in [0.5, 0.6) is 5.75 Å². The standard InChI is InChI=1S/C11H17FN2O3S/c1-3-13-6-7-14-18(15,16)9-4-5-10(12)11(8-9)17-2/h4-5,8,13-14H,3,6-7H2,1-2H3. The molecule has 0 unspecified atom stereocenters. The number of methoxy groups -OCH3 is 1. The highest BCUT2D eigenvalue weighted by Gasteiger charge is 2.15. The Labute approximate surface area is 106 Å². The predicted molar refractivity (Wildman–Crippen MR) is 66.7 cm³/mol. The van der Waals surface area contributed by atoms with Gasteiger partial charge >= 0.3 is 0 Å². The van der Waals surface area contributed by atoms with Crippen LogP contribution >= 0.6 is 0 Å². The van der Waals surface area contributed by atoms with Crippen LogP contribution in [0.25, 0.3) is 0 Å². The fourth-order valence-electron chi connectivity index (χ4n) is 1.34. The van der Waals surface area contributed by atoms with Crippen molar-refractivity contribution in [3.05, 3.63) is 24.0 Å². The molecule has 18 heavy (non-hydrogen) atoms. The number of halogens is 1. The smallest absolute Gasteiger partial charge is 0.240 e. The Balaban J connectivity index is 2.78. The van der Waals surface area contributed by atoms with Gasteiger partial charge in [0.2, 0.25) is 10.0 Å². The van der Waals surface area contributed by atoms with Gasteiger partial charge in [0.25, 0.3) is 0 Å². The maximum atomic E-state index is 13.2.